The SMILES string of the molecule is CC(C)=CCNCc1cc(C)n(-c2ccccc2)c1C. The summed E-state index contributed by atoms with van der Waals surface area (Å²) in [5.74, 6) is 0. The Labute approximate surface area is 122 Å². The first-order valence-electron chi connectivity index (χ1n) is 7.17. The quantitative estimate of drug-likeness (QED) is 0.636. The van der Waals surface area contributed by atoms with E-state index in [2.05, 4.69) is 80.1 Å². The highest BCUT2D eigenvalue weighted by molar-refractivity contribution is 5.40. The van der Waals surface area contributed by atoms with Crippen molar-refractivity contribution in [3.63, 3.8) is 0 Å². The molecule has 0 aliphatic heterocycles. The molecule has 2 rings (SSSR count). The molecule has 0 amide bonds. The first-order chi connectivity index (χ1) is 9.59. The number of benzene rings is 1. The Morgan fingerprint density at radius 2 is 1.85 bits per heavy atom. The number of para-hydroxylation sites is 1. The molecule has 0 unspecified atom stereocenters. The molecule has 0 radical (unpaired) electrons. The molecule has 0 aliphatic rings. The van der Waals surface area contributed by atoms with Gasteiger partial charge < -0.3 is 9.88 Å². The average Bonchev–Trinajstić information content (AvgIpc) is 2.70. The molecule has 0 saturated heterocycles. The lowest BCUT2D eigenvalue weighted by Crippen LogP contribution is -2.13. The number of aromatic nitrogens is 1. The van der Waals surface area contributed by atoms with E-state index in [9.17, 15) is 0 Å². The molecule has 0 saturated carbocycles. The molecule has 2 aromatic rings. The number of nitrogens with one attached hydrogen (secondary N) is 1. The zero-order valence-corrected chi connectivity index (χ0v) is 12.9. The molecule has 0 aliphatic carbocycles. The van der Waals surface area contributed by atoms with Crippen molar-refractivity contribution in [2.45, 2.75) is 34.2 Å². The van der Waals surface area contributed by atoms with Gasteiger partial charge in [0.05, 0.1) is 0 Å². The normalized spacial score (nSPS) is 10.6. The van der Waals surface area contributed by atoms with Crippen molar-refractivity contribution < 1.29 is 0 Å². The molecular formula is C18H24N2. The molecule has 0 fully saturated rings. The van der Waals surface area contributed by atoms with Crippen LogP contribution in [-0.4, -0.2) is 11.1 Å². The summed E-state index contributed by atoms with van der Waals surface area (Å²) in [6, 6.07) is 12.8. The maximum atomic E-state index is 3.48. The standard InChI is InChI=1S/C18H24N2/c1-14(2)10-11-19-13-17-12-15(3)20(16(17)4)18-8-6-5-7-9-18/h5-10,12,19H,11,13H2,1-4H3. The second kappa shape index (κ2) is 6.58. The van der Waals surface area contributed by atoms with Gasteiger partial charge in [0, 0.05) is 30.2 Å². The monoisotopic (exact) mass is 268 g/mol. The molecule has 1 N–H and O–H groups in total. The van der Waals surface area contributed by atoms with E-state index in [1.165, 1.54) is 28.2 Å². The van der Waals surface area contributed by atoms with E-state index in [1.54, 1.807) is 0 Å². The number of rotatable bonds is 5. The minimum absolute atomic E-state index is 0.913. The smallest absolute Gasteiger partial charge is 0.0455 e. The van der Waals surface area contributed by atoms with Crippen molar-refractivity contribution in [1.82, 2.24) is 9.88 Å². The third kappa shape index (κ3) is 3.40. The van der Waals surface area contributed by atoms with Crippen LogP contribution in [0.1, 0.15) is 30.8 Å². The number of hydrogen-bond acceptors (Lipinski definition) is 1. The number of hydrogen-bond donors (Lipinski definition) is 1. The molecule has 2 nitrogen and oxygen atoms in total. The Morgan fingerprint density at radius 1 is 1.15 bits per heavy atom. The predicted octanol–water partition coefficient (Wildman–Crippen LogP) is 4.15. The minimum Gasteiger partial charge on any atom is -0.318 e. The Morgan fingerprint density at radius 3 is 2.50 bits per heavy atom. The molecule has 0 spiro atoms. The van der Waals surface area contributed by atoms with Gasteiger partial charge in [0.2, 0.25) is 0 Å². The molecule has 0 atom stereocenters. The molecule has 1 heterocycles. The highest BCUT2D eigenvalue weighted by atomic mass is 15.0. The fourth-order valence-corrected chi connectivity index (χ4v) is 2.47. The summed E-state index contributed by atoms with van der Waals surface area (Å²) in [7, 11) is 0. The van der Waals surface area contributed by atoms with E-state index in [1.807, 2.05) is 0 Å². The van der Waals surface area contributed by atoms with Crippen LogP contribution in [0.2, 0.25) is 0 Å². The predicted molar refractivity (Wildman–Crippen MR) is 86.4 cm³/mol. The van der Waals surface area contributed by atoms with Gasteiger partial charge in [0.25, 0.3) is 0 Å². The van der Waals surface area contributed by atoms with Gasteiger partial charge in [0.15, 0.2) is 0 Å². The Kier molecular flexibility index (Phi) is 4.80. The average molecular weight is 268 g/mol. The fraction of sp³-hybridized carbons (Fsp3) is 0.333. The molecule has 106 valence electrons. The zero-order chi connectivity index (χ0) is 14.5. The van der Waals surface area contributed by atoms with Gasteiger partial charge in [-0.2, -0.15) is 0 Å². The van der Waals surface area contributed by atoms with E-state index in [4.69, 9.17) is 0 Å². The summed E-state index contributed by atoms with van der Waals surface area (Å²) >= 11 is 0. The summed E-state index contributed by atoms with van der Waals surface area (Å²) in [4.78, 5) is 0. The van der Waals surface area contributed by atoms with Gasteiger partial charge in [0.1, 0.15) is 0 Å². The summed E-state index contributed by atoms with van der Waals surface area (Å²) in [6.45, 7) is 10.5. The van der Waals surface area contributed by atoms with Gasteiger partial charge in [-0.25, -0.2) is 0 Å². The number of allylic oxidation sites excluding steroid dienone is 1. The molecular weight excluding hydrogens is 244 g/mol. The van der Waals surface area contributed by atoms with Crippen molar-refractivity contribution in [2.24, 2.45) is 0 Å². The lowest BCUT2D eigenvalue weighted by atomic mass is 10.2. The Hall–Kier alpha value is -1.80. The Balaban J connectivity index is 2.15. The summed E-state index contributed by atoms with van der Waals surface area (Å²) in [5.41, 5.74) is 6.56. The van der Waals surface area contributed by atoms with E-state index < -0.39 is 0 Å². The van der Waals surface area contributed by atoms with Crippen molar-refractivity contribution in [2.75, 3.05) is 6.54 Å². The lowest BCUT2D eigenvalue weighted by Gasteiger charge is -2.10. The zero-order valence-electron chi connectivity index (χ0n) is 12.9. The molecule has 2 heteroatoms. The van der Waals surface area contributed by atoms with Crippen LogP contribution in [0.15, 0.2) is 48.0 Å². The van der Waals surface area contributed by atoms with Crippen molar-refractivity contribution >= 4 is 0 Å². The van der Waals surface area contributed by atoms with Crippen molar-refractivity contribution in [1.29, 1.82) is 0 Å². The van der Waals surface area contributed by atoms with Gasteiger partial charge in [-0.3, -0.25) is 0 Å². The molecule has 0 bridgehead atoms. The second-order valence-corrected chi connectivity index (χ2v) is 5.48. The van der Waals surface area contributed by atoms with Crippen LogP contribution in [0.25, 0.3) is 5.69 Å². The minimum atomic E-state index is 0.913. The van der Waals surface area contributed by atoms with Crippen LogP contribution in [-0.2, 0) is 6.54 Å². The third-order valence-corrected chi connectivity index (χ3v) is 3.52. The van der Waals surface area contributed by atoms with Crippen LogP contribution in [0, 0.1) is 13.8 Å². The van der Waals surface area contributed by atoms with Gasteiger partial charge in [-0.15, -0.1) is 0 Å². The first kappa shape index (κ1) is 14.6. The Bertz CT molecular complexity index is 587. The fourth-order valence-electron chi connectivity index (χ4n) is 2.47. The van der Waals surface area contributed by atoms with E-state index in [0.29, 0.717) is 0 Å². The lowest BCUT2D eigenvalue weighted by molar-refractivity contribution is 0.750. The van der Waals surface area contributed by atoms with Crippen LogP contribution in [0.5, 0.6) is 0 Å². The van der Waals surface area contributed by atoms with Crippen molar-refractivity contribution in [3.05, 3.63) is 65.0 Å². The van der Waals surface area contributed by atoms with Crippen LogP contribution < -0.4 is 5.32 Å². The summed E-state index contributed by atoms with van der Waals surface area (Å²) in [6.07, 6.45) is 2.22. The molecule has 20 heavy (non-hydrogen) atoms. The highest BCUT2D eigenvalue weighted by Crippen LogP contribution is 2.20. The van der Waals surface area contributed by atoms with E-state index in [-0.39, 0.29) is 0 Å². The summed E-state index contributed by atoms with van der Waals surface area (Å²) < 4.78 is 2.32. The highest BCUT2D eigenvalue weighted by Gasteiger charge is 2.09. The molecule has 1 aromatic carbocycles. The first-order valence-corrected chi connectivity index (χ1v) is 7.17. The topological polar surface area (TPSA) is 17.0 Å². The van der Waals surface area contributed by atoms with Gasteiger partial charge in [-0.1, -0.05) is 29.8 Å². The van der Waals surface area contributed by atoms with Crippen molar-refractivity contribution in [3.8, 4) is 5.69 Å². The maximum absolute atomic E-state index is 3.48. The second-order valence-electron chi connectivity index (χ2n) is 5.48. The number of aryl methyl sites for hydroxylation is 1. The number of nitrogens with zero attached hydrogens (tertiary/aromatic N) is 1. The summed E-state index contributed by atoms with van der Waals surface area (Å²) in [5, 5.41) is 3.48. The largest absolute Gasteiger partial charge is 0.318 e. The third-order valence-electron chi connectivity index (χ3n) is 3.52. The van der Waals surface area contributed by atoms with Crippen LogP contribution >= 0.6 is 0 Å². The van der Waals surface area contributed by atoms with Gasteiger partial charge in [-0.05, 0) is 51.5 Å². The maximum Gasteiger partial charge on any atom is 0.0455 e. The van der Waals surface area contributed by atoms with Gasteiger partial charge >= 0.3 is 0 Å². The van der Waals surface area contributed by atoms with E-state index >= 15 is 0 Å². The van der Waals surface area contributed by atoms with Crippen LogP contribution in [0.3, 0.4) is 0 Å². The van der Waals surface area contributed by atoms with Crippen LogP contribution in [0.4, 0.5) is 0 Å². The molecule has 1 aromatic heterocycles. The van der Waals surface area contributed by atoms with E-state index in [0.717, 1.165) is 13.1 Å².